The number of sulfonamides is 1. The van der Waals surface area contributed by atoms with Crippen molar-refractivity contribution in [3.63, 3.8) is 0 Å². The lowest BCUT2D eigenvalue weighted by Gasteiger charge is -2.33. The van der Waals surface area contributed by atoms with Crippen LogP contribution in [0.1, 0.15) is 31.2 Å². The van der Waals surface area contributed by atoms with Gasteiger partial charge in [-0.1, -0.05) is 0 Å². The first kappa shape index (κ1) is 14.5. The third kappa shape index (κ3) is 2.82. The van der Waals surface area contributed by atoms with Crippen LogP contribution in [0.5, 0.6) is 0 Å². The number of nitriles is 1. The van der Waals surface area contributed by atoms with Crippen LogP contribution in [0.15, 0.2) is 29.2 Å². The number of fused-ring (bicyclic) bond motifs is 2. The van der Waals surface area contributed by atoms with Crippen LogP contribution in [-0.4, -0.2) is 33.6 Å². The molecule has 112 valence electrons. The van der Waals surface area contributed by atoms with E-state index < -0.39 is 10.0 Å². The van der Waals surface area contributed by atoms with Crippen molar-refractivity contribution in [1.29, 1.82) is 5.26 Å². The zero-order chi connectivity index (χ0) is 15.0. The number of quaternary nitrogens is 1. The third-order valence-corrected chi connectivity index (χ3v) is 6.44. The van der Waals surface area contributed by atoms with E-state index >= 15 is 0 Å². The summed E-state index contributed by atoms with van der Waals surface area (Å²) in [5.74, 6) is 0. The summed E-state index contributed by atoms with van der Waals surface area (Å²) in [6.07, 6.45) is 4.23. The second-order valence-electron chi connectivity index (χ2n) is 6.14. The molecule has 21 heavy (non-hydrogen) atoms. The van der Waals surface area contributed by atoms with E-state index in [4.69, 9.17) is 5.26 Å². The van der Waals surface area contributed by atoms with Crippen LogP contribution in [-0.2, 0) is 10.0 Å². The Morgan fingerprint density at radius 3 is 2.29 bits per heavy atom. The van der Waals surface area contributed by atoms with Crippen molar-refractivity contribution in [2.45, 2.75) is 48.7 Å². The second-order valence-corrected chi connectivity index (χ2v) is 7.85. The Morgan fingerprint density at radius 2 is 1.76 bits per heavy atom. The van der Waals surface area contributed by atoms with Gasteiger partial charge in [0.2, 0.25) is 10.0 Å². The summed E-state index contributed by atoms with van der Waals surface area (Å²) in [5.41, 5.74) is 0.467. The highest BCUT2D eigenvalue weighted by Crippen LogP contribution is 2.23. The Balaban J connectivity index is 1.73. The van der Waals surface area contributed by atoms with Crippen LogP contribution in [0.4, 0.5) is 0 Å². The molecule has 0 radical (unpaired) electrons. The van der Waals surface area contributed by atoms with Crippen molar-refractivity contribution in [2.24, 2.45) is 0 Å². The van der Waals surface area contributed by atoms with Gasteiger partial charge in [-0.2, -0.15) is 5.26 Å². The number of hydrogen-bond donors (Lipinski definition) is 2. The predicted molar refractivity (Wildman–Crippen MR) is 78.2 cm³/mol. The molecule has 2 saturated heterocycles. The van der Waals surface area contributed by atoms with E-state index in [2.05, 4.69) is 11.8 Å². The Bertz CT molecular complexity index is 649. The molecule has 2 N–H and O–H groups in total. The van der Waals surface area contributed by atoms with Gasteiger partial charge in [0.15, 0.2) is 0 Å². The zero-order valence-electron chi connectivity index (χ0n) is 12.0. The standard InChI is InChI=1S/C15H19N3O2S/c1-18-13-4-5-14(18)9-12(8-13)17-21(19,20)15-6-2-11(10-16)3-7-15/h2-3,6-7,12-14,17H,4-5,8-9H2,1H3/p+1/t12?,13-,14+. The van der Waals surface area contributed by atoms with Crippen LogP contribution >= 0.6 is 0 Å². The fraction of sp³-hybridized carbons (Fsp3) is 0.533. The Morgan fingerprint density at radius 1 is 1.19 bits per heavy atom. The van der Waals surface area contributed by atoms with Gasteiger partial charge in [0, 0.05) is 31.7 Å². The summed E-state index contributed by atoms with van der Waals surface area (Å²) in [6.45, 7) is 0. The first-order chi connectivity index (χ1) is 9.99. The van der Waals surface area contributed by atoms with Crippen molar-refractivity contribution in [3.05, 3.63) is 29.8 Å². The largest absolute Gasteiger partial charge is 0.332 e. The fourth-order valence-corrected chi connectivity index (χ4v) is 4.94. The second kappa shape index (κ2) is 5.41. The lowest BCUT2D eigenvalue weighted by molar-refractivity contribution is -0.922. The number of piperidine rings is 1. The number of nitrogens with one attached hydrogen (secondary N) is 2. The molecular weight excluding hydrogens is 286 g/mol. The molecule has 1 aromatic carbocycles. The molecule has 2 heterocycles. The zero-order valence-corrected chi connectivity index (χ0v) is 12.9. The van der Waals surface area contributed by atoms with E-state index in [0.717, 1.165) is 12.8 Å². The first-order valence-electron chi connectivity index (χ1n) is 7.35. The van der Waals surface area contributed by atoms with Gasteiger partial charge < -0.3 is 4.90 Å². The summed E-state index contributed by atoms with van der Waals surface area (Å²) >= 11 is 0. The molecule has 0 amide bonds. The van der Waals surface area contributed by atoms with Crippen LogP contribution in [0.2, 0.25) is 0 Å². The molecule has 2 fully saturated rings. The van der Waals surface area contributed by atoms with E-state index in [0.29, 0.717) is 17.6 Å². The number of nitrogens with zero attached hydrogens (tertiary/aromatic N) is 1. The Kier molecular flexibility index (Phi) is 3.74. The maximum Gasteiger partial charge on any atom is 0.240 e. The predicted octanol–water partition coefficient (Wildman–Crippen LogP) is 0.0447. The molecule has 4 atom stereocenters. The monoisotopic (exact) mass is 306 g/mol. The highest BCUT2D eigenvalue weighted by Gasteiger charge is 2.43. The topological polar surface area (TPSA) is 74.4 Å². The molecule has 0 aromatic heterocycles. The van der Waals surface area contributed by atoms with Crippen molar-refractivity contribution >= 4 is 10.0 Å². The average Bonchev–Trinajstić information content (AvgIpc) is 2.69. The third-order valence-electron chi connectivity index (χ3n) is 4.91. The van der Waals surface area contributed by atoms with Gasteiger partial charge in [-0.3, -0.25) is 0 Å². The molecule has 3 rings (SSSR count). The maximum atomic E-state index is 12.4. The van der Waals surface area contributed by atoms with Crippen molar-refractivity contribution < 1.29 is 13.3 Å². The molecule has 5 nitrogen and oxygen atoms in total. The average molecular weight is 306 g/mol. The van der Waals surface area contributed by atoms with Gasteiger partial charge in [0.1, 0.15) is 0 Å². The SMILES string of the molecule is C[NH+]1[C@@H]2CC[C@H]1CC(NS(=O)(=O)c1ccc(C#N)cc1)C2. The number of hydrogen-bond acceptors (Lipinski definition) is 3. The summed E-state index contributed by atoms with van der Waals surface area (Å²) in [5, 5.41) is 8.77. The lowest BCUT2D eigenvalue weighted by Crippen LogP contribution is -3.15. The molecule has 0 aliphatic carbocycles. The minimum atomic E-state index is -3.49. The van der Waals surface area contributed by atoms with E-state index in [9.17, 15) is 8.42 Å². The van der Waals surface area contributed by atoms with Crippen LogP contribution < -0.4 is 9.62 Å². The molecule has 1 aromatic rings. The number of benzene rings is 1. The van der Waals surface area contributed by atoms with Crippen molar-refractivity contribution in [3.8, 4) is 6.07 Å². The molecule has 0 spiro atoms. The quantitative estimate of drug-likeness (QED) is 0.828. The van der Waals surface area contributed by atoms with Gasteiger partial charge in [-0.25, -0.2) is 13.1 Å². The Hall–Kier alpha value is -1.42. The molecule has 0 saturated carbocycles. The smallest absolute Gasteiger partial charge is 0.240 e. The normalized spacial score (nSPS) is 31.8. The summed E-state index contributed by atoms with van der Waals surface area (Å²) in [7, 11) is -1.27. The maximum absolute atomic E-state index is 12.4. The highest BCUT2D eigenvalue weighted by atomic mass is 32.2. The van der Waals surface area contributed by atoms with Crippen LogP contribution in [0, 0.1) is 11.3 Å². The van der Waals surface area contributed by atoms with Crippen LogP contribution in [0.3, 0.4) is 0 Å². The van der Waals surface area contributed by atoms with E-state index in [-0.39, 0.29) is 10.9 Å². The van der Waals surface area contributed by atoms with E-state index in [1.807, 2.05) is 6.07 Å². The number of rotatable bonds is 3. The van der Waals surface area contributed by atoms with Gasteiger partial charge in [0.25, 0.3) is 0 Å². The molecule has 2 aliphatic rings. The lowest BCUT2D eigenvalue weighted by atomic mass is 9.99. The fourth-order valence-electron chi connectivity index (χ4n) is 3.67. The van der Waals surface area contributed by atoms with E-state index in [1.165, 1.54) is 37.1 Å². The highest BCUT2D eigenvalue weighted by molar-refractivity contribution is 7.89. The van der Waals surface area contributed by atoms with Gasteiger partial charge in [-0.05, 0) is 24.3 Å². The molecule has 2 bridgehead atoms. The Labute approximate surface area is 125 Å². The van der Waals surface area contributed by atoms with E-state index in [1.54, 1.807) is 4.90 Å². The first-order valence-corrected chi connectivity index (χ1v) is 8.84. The summed E-state index contributed by atoms with van der Waals surface area (Å²) < 4.78 is 27.7. The minimum absolute atomic E-state index is 0.0341. The van der Waals surface area contributed by atoms with Gasteiger partial charge in [0.05, 0.1) is 35.7 Å². The van der Waals surface area contributed by atoms with Gasteiger partial charge >= 0.3 is 0 Å². The minimum Gasteiger partial charge on any atom is -0.332 e. The molecular formula is C15H20N3O2S+. The molecule has 2 aliphatic heterocycles. The van der Waals surface area contributed by atoms with Crippen molar-refractivity contribution in [2.75, 3.05) is 7.05 Å². The summed E-state index contributed by atoms with van der Waals surface area (Å²) in [4.78, 5) is 1.80. The van der Waals surface area contributed by atoms with Crippen molar-refractivity contribution in [1.82, 2.24) is 4.72 Å². The van der Waals surface area contributed by atoms with Gasteiger partial charge in [-0.15, -0.1) is 0 Å². The summed E-state index contributed by atoms with van der Waals surface area (Å²) in [6, 6.07) is 9.26. The molecule has 6 heteroatoms. The van der Waals surface area contributed by atoms with Crippen LogP contribution in [0.25, 0.3) is 0 Å². The molecule has 2 unspecified atom stereocenters.